The molecule has 1 radical (unpaired) electrons. The molecule has 79 valence electrons. The first kappa shape index (κ1) is 10.1. The third kappa shape index (κ3) is 2.32. The minimum Gasteiger partial charge on any atom is -0.380 e. The monoisotopic (exact) mass is 201 g/mol. The van der Waals surface area contributed by atoms with Gasteiger partial charge in [-0.05, 0) is 31.0 Å². The highest BCUT2D eigenvalue weighted by Gasteiger charge is 2.14. The van der Waals surface area contributed by atoms with Crippen molar-refractivity contribution < 1.29 is 0 Å². The molecule has 1 aromatic carbocycles. The van der Waals surface area contributed by atoms with E-state index in [9.17, 15) is 0 Å². The van der Waals surface area contributed by atoms with Crippen molar-refractivity contribution in [2.75, 3.05) is 29.9 Å². The Labute approximate surface area is 91.6 Å². The molecule has 1 heterocycles. The second kappa shape index (κ2) is 4.87. The van der Waals surface area contributed by atoms with E-state index in [1.165, 1.54) is 37.3 Å². The third-order valence-electron chi connectivity index (χ3n) is 2.72. The first-order valence-electron chi connectivity index (χ1n) is 5.51. The van der Waals surface area contributed by atoms with Crippen molar-refractivity contribution >= 4 is 11.4 Å². The largest absolute Gasteiger partial charge is 0.380 e. The SMILES string of the molecule is C=CCNc1c[c]ccc1N1CCCC1. The molecule has 15 heavy (non-hydrogen) atoms. The minimum absolute atomic E-state index is 0.804. The second-order valence-corrected chi connectivity index (χ2v) is 3.81. The fourth-order valence-corrected chi connectivity index (χ4v) is 1.98. The molecule has 2 rings (SSSR count). The molecule has 0 aromatic heterocycles. The van der Waals surface area contributed by atoms with Gasteiger partial charge >= 0.3 is 0 Å². The highest BCUT2D eigenvalue weighted by atomic mass is 15.2. The number of anilines is 2. The maximum atomic E-state index is 3.72. The van der Waals surface area contributed by atoms with Crippen LogP contribution in [-0.4, -0.2) is 19.6 Å². The van der Waals surface area contributed by atoms with Crippen LogP contribution in [0.15, 0.2) is 30.9 Å². The van der Waals surface area contributed by atoms with Crippen LogP contribution in [0.2, 0.25) is 0 Å². The maximum Gasteiger partial charge on any atom is 0.0602 e. The van der Waals surface area contributed by atoms with Gasteiger partial charge in [0.25, 0.3) is 0 Å². The topological polar surface area (TPSA) is 15.3 Å². The smallest absolute Gasteiger partial charge is 0.0602 e. The highest BCUT2D eigenvalue weighted by Crippen LogP contribution is 2.28. The Morgan fingerprint density at radius 2 is 2.27 bits per heavy atom. The van der Waals surface area contributed by atoms with Gasteiger partial charge in [-0.3, -0.25) is 0 Å². The summed E-state index contributed by atoms with van der Waals surface area (Å²) in [5.74, 6) is 0. The summed E-state index contributed by atoms with van der Waals surface area (Å²) < 4.78 is 0. The lowest BCUT2D eigenvalue weighted by molar-refractivity contribution is 0.949. The molecule has 1 saturated heterocycles. The second-order valence-electron chi connectivity index (χ2n) is 3.81. The molecular weight excluding hydrogens is 184 g/mol. The van der Waals surface area contributed by atoms with Crippen LogP contribution in [0, 0.1) is 6.07 Å². The Kier molecular flexibility index (Phi) is 3.28. The molecule has 0 saturated carbocycles. The summed E-state index contributed by atoms with van der Waals surface area (Å²) in [4.78, 5) is 2.43. The average molecular weight is 201 g/mol. The summed E-state index contributed by atoms with van der Waals surface area (Å²) >= 11 is 0. The van der Waals surface area contributed by atoms with Crippen molar-refractivity contribution in [1.82, 2.24) is 0 Å². The average Bonchev–Trinajstić information content (AvgIpc) is 2.80. The molecule has 1 aliphatic heterocycles. The quantitative estimate of drug-likeness (QED) is 0.753. The van der Waals surface area contributed by atoms with E-state index in [2.05, 4.69) is 28.9 Å². The van der Waals surface area contributed by atoms with Crippen LogP contribution in [-0.2, 0) is 0 Å². The first-order chi connectivity index (χ1) is 7.42. The van der Waals surface area contributed by atoms with E-state index in [0.29, 0.717) is 0 Å². The fourth-order valence-electron chi connectivity index (χ4n) is 1.98. The van der Waals surface area contributed by atoms with Gasteiger partial charge in [-0.15, -0.1) is 6.58 Å². The Bertz CT molecular complexity index is 327. The van der Waals surface area contributed by atoms with Crippen molar-refractivity contribution in [1.29, 1.82) is 0 Å². The van der Waals surface area contributed by atoms with Gasteiger partial charge in [0.05, 0.1) is 11.4 Å². The van der Waals surface area contributed by atoms with Crippen LogP contribution in [0.5, 0.6) is 0 Å². The van der Waals surface area contributed by atoms with Gasteiger partial charge in [-0.1, -0.05) is 12.1 Å². The van der Waals surface area contributed by atoms with Gasteiger partial charge in [0.15, 0.2) is 0 Å². The van der Waals surface area contributed by atoms with E-state index >= 15 is 0 Å². The van der Waals surface area contributed by atoms with Gasteiger partial charge in [-0.25, -0.2) is 0 Å². The lowest BCUT2D eigenvalue weighted by Gasteiger charge is -2.21. The van der Waals surface area contributed by atoms with Crippen molar-refractivity contribution in [3.63, 3.8) is 0 Å². The zero-order chi connectivity index (χ0) is 10.5. The Morgan fingerprint density at radius 3 is 3.00 bits per heavy atom. The molecule has 0 spiro atoms. The standard InChI is InChI=1S/C13H17N2/c1-2-9-14-12-7-3-4-8-13(12)15-10-5-6-11-15/h2,4,7-8,14H,1,5-6,9-11H2. The van der Waals surface area contributed by atoms with Crippen LogP contribution in [0.25, 0.3) is 0 Å². The number of benzene rings is 1. The van der Waals surface area contributed by atoms with E-state index in [4.69, 9.17) is 0 Å². The predicted molar refractivity (Wildman–Crippen MR) is 65.4 cm³/mol. The fraction of sp³-hybridized carbons (Fsp3) is 0.385. The van der Waals surface area contributed by atoms with E-state index in [1.54, 1.807) is 0 Å². The molecule has 2 nitrogen and oxygen atoms in total. The van der Waals surface area contributed by atoms with Crippen LogP contribution in [0.3, 0.4) is 0 Å². The molecule has 1 aliphatic rings. The van der Waals surface area contributed by atoms with Gasteiger partial charge in [-0.2, -0.15) is 0 Å². The van der Waals surface area contributed by atoms with E-state index in [1.807, 2.05) is 18.2 Å². The molecule has 2 heteroatoms. The van der Waals surface area contributed by atoms with E-state index < -0.39 is 0 Å². The summed E-state index contributed by atoms with van der Waals surface area (Å²) in [5, 5.41) is 3.35. The zero-order valence-electron chi connectivity index (χ0n) is 9.00. The summed E-state index contributed by atoms with van der Waals surface area (Å²) in [5.41, 5.74) is 2.47. The van der Waals surface area contributed by atoms with Crippen LogP contribution in [0.4, 0.5) is 11.4 Å². The summed E-state index contributed by atoms with van der Waals surface area (Å²) in [6, 6.07) is 9.24. The van der Waals surface area contributed by atoms with Crippen molar-refractivity contribution in [2.24, 2.45) is 0 Å². The highest BCUT2D eigenvalue weighted by molar-refractivity contribution is 5.70. The Hall–Kier alpha value is -1.44. The number of hydrogen-bond acceptors (Lipinski definition) is 2. The maximum absolute atomic E-state index is 3.72. The Morgan fingerprint density at radius 1 is 1.47 bits per heavy atom. The lowest BCUT2D eigenvalue weighted by Crippen LogP contribution is -2.19. The number of hydrogen-bond donors (Lipinski definition) is 1. The van der Waals surface area contributed by atoms with Gasteiger partial charge in [0, 0.05) is 19.6 Å². The molecule has 0 amide bonds. The first-order valence-corrected chi connectivity index (χ1v) is 5.51. The molecule has 1 fully saturated rings. The molecule has 0 atom stereocenters. The van der Waals surface area contributed by atoms with Gasteiger partial charge in [0.1, 0.15) is 0 Å². The lowest BCUT2D eigenvalue weighted by atomic mass is 10.2. The number of rotatable bonds is 4. The molecule has 0 unspecified atom stereocenters. The van der Waals surface area contributed by atoms with Gasteiger partial charge in [0.2, 0.25) is 0 Å². The Balaban J connectivity index is 2.16. The summed E-state index contributed by atoms with van der Waals surface area (Å²) in [6.45, 7) is 6.87. The van der Waals surface area contributed by atoms with Crippen molar-refractivity contribution in [3.8, 4) is 0 Å². The number of nitrogens with zero attached hydrogens (tertiary/aromatic N) is 1. The zero-order valence-corrected chi connectivity index (χ0v) is 9.00. The van der Waals surface area contributed by atoms with Crippen LogP contribution < -0.4 is 10.2 Å². The van der Waals surface area contributed by atoms with Gasteiger partial charge < -0.3 is 10.2 Å². The molecule has 0 bridgehead atoms. The van der Waals surface area contributed by atoms with Crippen molar-refractivity contribution in [2.45, 2.75) is 12.8 Å². The normalized spacial score (nSPS) is 15.3. The molecular formula is C13H17N2. The van der Waals surface area contributed by atoms with Crippen LogP contribution >= 0.6 is 0 Å². The molecule has 1 aromatic rings. The van der Waals surface area contributed by atoms with Crippen molar-refractivity contribution in [3.05, 3.63) is 36.9 Å². The summed E-state index contributed by atoms with van der Waals surface area (Å²) in [6.07, 6.45) is 4.49. The molecule has 1 N–H and O–H groups in total. The minimum atomic E-state index is 0.804. The molecule has 0 aliphatic carbocycles. The van der Waals surface area contributed by atoms with Crippen LogP contribution in [0.1, 0.15) is 12.8 Å². The summed E-state index contributed by atoms with van der Waals surface area (Å²) in [7, 11) is 0. The van der Waals surface area contributed by atoms with E-state index in [-0.39, 0.29) is 0 Å². The predicted octanol–water partition coefficient (Wildman–Crippen LogP) is 2.68. The third-order valence-corrected chi connectivity index (χ3v) is 2.72. The number of nitrogens with one attached hydrogen (secondary N) is 1. The van der Waals surface area contributed by atoms with E-state index in [0.717, 1.165) is 6.54 Å².